The molecular formula is C19H21NO3. The van der Waals surface area contributed by atoms with Crippen molar-refractivity contribution in [3.8, 4) is 5.75 Å². The maximum atomic E-state index is 12.0. The van der Waals surface area contributed by atoms with Gasteiger partial charge in [0.25, 0.3) is 0 Å². The van der Waals surface area contributed by atoms with E-state index in [4.69, 9.17) is 10.5 Å². The first-order valence-corrected chi connectivity index (χ1v) is 7.69. The number of ether oxygens (including phenoxy) is 1. The lowest BCUT2D eigenvalue weighted by atomic mass is 9.98. The van der Waals surface area contributed by atoms with Gasteiger partial charge in [0.05, 0.1) is 0 Å². The van der Waals surface area contributed by atoms with Gasteiger partial charge in [0.1, 0.15) is 5.75 Å². The van der Waals surface area contributed by atoms with Crippen LogP contribution >= 0.6 is 0 Å². The summed E-state index contributed by atoms with van der Waals surface area (Å²) in [6.45, 7) is 2.03. The van der Waals surface area contributed by atoms with Gasteiger partial charge < -0.3 is 10.5 Å². The average molecular weight is 311 g/mol. The van der Waals surface area contributed by atoms with E-state index in [1.54, 1.807) is 18.2 Å². The highest BCUT2D eigenvalue weighted by Gasteiger charge is 2.12. The van der Waals surface area contributed by atoms with Gasteiger partial charge in [-0.25, -0.2) is 0 Å². The Hall–Kier alpha value is -2.62. The molecule has 120 valence electrons. The van der Waals surface area contributed by atoms with Gasteiger partial charge in [-0.3, -0.25) is 9.59 Å². The van der Waals surface area contributed by atoms with Crippen LogP contribution in [0.3, 0.4) is 0 Å². The summed E-state index contributed by atoms with van der Waals surface area (Å²) in [5.74, 6) is -0.269. The highest BCUT2D eigenvalue weighted by Crippen LogP contribution is 2.17. The molecule has 0 aliphatic rings. The molecule has 0 heterocycles. The summed E-state index contributed by atoms with van der Waals surface area (Å²) in [7, 11) is 0. The Labute approximate surface area is 136 Å². The van der Waals surface area contributed by atoms with E-state index in [1.807, 2.05) is 25.1 Å². The van der Waals surface area contributed by atoms with Crippen LogP contribution in [0.5, 0.6) is 5.75 Å². The number of esters is 1. The number of amides is 1. The van der Waals surface area contributed by atoms with E-state index in [-0.39, 0.29) is 11.9 Å². The fraction of sp³-hybridized carbons (Fsp3) is 0.263. The molecule has 0 aliphatic heterocycles. The third-order valence-corrected chi connectivity index (χ3v) is 3.63. The van der Waals surface area contributed by atoms with Crippen molar-refractivity contribution in [1.29, 1.82) is 0 Å². The molecule has 23 heavy (non-hydrogen) atoms. The first-order chi connectivity index (χ1) is 11.0. The molecular weight excluding hydrogens is 290 g/mol. The predicted molar refractivity (Wildman–Crippen MR) is 89.1 cm³/mol. The zero-order chi connectivity index (χ0) is 16.7. The van der Waals surface area contributed by atoms with Crippen LogP contribution in [-0.4, -0.2) is 11.9 Å². The third-order valence-electron chi connectivity index (χ3n) is 3.63. The molecule has 0 radical (unpaired) electrons. The lowest BCUT2D eigenvalue weighted by molar-refractivity contribution is -0.135. The molecule has 0 saturated carbocycles. The standard InChI is InChI=1S/C19H21NO3/c1-14(10-11-15-6-3-2-4-7-15)12-18(21)23-17-9-5-8-16(13-17)19(20)22/h2-9,13-14H,10-12H2,1H3,(H2,20,22). The van der Waals surface area contributed by atoms with Crippen molar-refractivity contribution in [2.75, 3.05) is 0 Å². The Morgan fingerprint density at radius 3 is 2.52 bits per heavy atom. The van der Waals surface area contributed by atoms with E-state index < -0.39 is 5.91 Å². The van der Waals surface area contributed by atoms with E-state index >= 15 is 0 Å². The largest absolute Gasteiger partial charge is 0.426 e. The summed E-state index contributed by atoms with van der Waals surface area (Å²) < 4.78 is 5.28. The fourth-order valence-electron chi connectivity index (χ4n) is 2.33. The molecule has 2 rings (SSSR count). The number of benzene rings is 2. The number of carbonyl (C=O) groups excluding carboxylic acids is 2. The zero-order valence-electron chi connectivity index (χ0n) is 13.2. The van der Waals surface area contributed by atoms with Crippen LogP contribution in [-0.2, 0) is 11.2 Å². The molecule has 0 fully saturated rings. The molecule has 0 aromatic heterocycles. The predicted octanol–water partition coefficient (Wildman–Crippen LogP) is 3.35. The van der Waals surface area contributed by atoms with Crippen LogP contribution in [0.1, 0.15) is 35.7 Å². The van der Waals surface area contributed by atoms with E-state index in [9.17, 15) is 9.59 Å². The number of nitrogens with two attached hydrogens (primary N) is 1. The van der Waals surface area contributed by atoms with Crippen molar-refractivity contribution < 1.29 is 14.3 Å². The Morgan fingerprint density at radius 1 is 1.09 bits per heavy atom. The van der Waals surface area contributed by atoms with Crippen molar-refractivity contribution in [3.63, 3.8) is 0 Å². The number of primary amides is 1. The Bertz CT molecular complexity index is 667. The number of carbonyl (C=O) groups is 2. The monoisotopic (exact) mass is 311 g/mol. The normalized spacial score (nSPS) is 11.7. The molecule has 2 N–H and O–H groups in total. The fourth-order valence-corrected chi connectivity index (χ4v) is 2.33. The van der Waals surface area contributed by atoms with E-state index in [1.165, 1.54) is 11.6 Å². The molecule has 1 amide bonds. The Balaban J connectivity index is 1.82. The lowest BCUT2D eigenvalue weighted by Crippen LogP contribution is -2.14. The molecule has 0 spiro atoms. The lowest BCUT2D eigenvalue weighted by Gasteiger charge is -2.11. The summed E-state index contributed by atoms with van der Waals surface area (Å²) in [4.78, 5) is 23.1. The van der Waals surface area contributed by atoms with Gasteiger partial charge in [0.2, 0.25) is 5.91 Å². The summed E-state index contributed by atoms with van der Waals surface area (Å²) in [6.07, 6.45) is 2.19. The number of hydrogen-bond acceptors (Lipinski definition) is 3. The summed E-state index contributed by atoms with van der Waals surface area (Å²) in [6, 6.07) is 16.5. The maximum Gasteiger partial charge on any atom is 0.311 e. The van der Waals surface area contributed by atoms with Gasteiger partial charge >= 0.3 is 5.97 Å². The number of rotatable bonds is 7. The molecule has 1 atom stereocenters. The van der Waals surface area contributed by atoms with Crippen LogP contribution in [0.15, 0.2) is 54.6 Å². The van der Waals surface area contributed by atoms with Crippen molar-refractivity contribution >= 4 is 11.9 Å². The first kappa shape index (κ1) is 16.7. The van der Waals surface area contributed by atoms with Gasteiger partial charge in [-0.05, 0) is 42.5 Å². The van der Waals surface area contributed by atoms with Crippen molar-refractivity contribution in [2.24, 2.45) is 11.7 Å². The Morgan fingerprint density at radius 2 is 1.83 bits per heavy atom. The highest BCUT2D eigenvalue weighted by molar-refractivity contribution is 5.93. The van der Waals surface area contributed by atoms with E-state index in [0.717, 1.165) is 12.8 Å². The Kier molecular flexibility index (Phi) is 5.92. The molecule has 2 aromatic rings. The van der Waals surface area contributed by atoms with Crippen LogP contribution in [0.2, 0.25) is 0 Å². The third kappa shape index (κ3) is 5.58. The van der Waals surface area contributed by atoms with Gasteiger partial charge in [-0.2, -0.15) is 0 Å². The molecule has 2 aromatic carbocycles. The molecule has 1 unspecified atom stereocenters. The highest BCUT2D eigenvalue weighted by atomic mass is 16.5. The zero-order valence-corrected chi connectivity index (χ0v) is 13.2. The minimum atomic E-state index is -0.542. The molecule has 0 saturated heterocycles. The second kappa shape index (κ2) is 8.13. The first-order valence-electron chi connectivity index (χ1n) is 7.69. The minimum absolute atomic E-state index is 0.224. The van der Waals surface area contributed by atoms with Gasteiger partial charge in [-0.1, -0.05) is 43.3 Å². The second-order valence-corrected chi connectivity index (χ2v) is 5.70. The van der Waals surface area contributed by atoms with Gasteiger partial charge in [0, 0.05) is 12.0 Å². The van der Waals surface area contributed by atoms with Crippen LogP contribution in [0.4, 0.5) is 0 Å². The van der Waals surface area contributed by atoms with Crippen LogP contribution < -0.4 is 10.5 Å². The SMILES string of the molecule is CC(CCc1ccccc1)CC(=O)Oc1cccc(C(N)=O)c1. The maximum absolute atomic E-state index is 12.0. The molecule has 0 aliphatic carbocycles. The average Bonchev–Trinajstić information content (AvgIpc) is 2.54. The summed E-state index contributed by atoms with van der Waals surface area (Å²) in [5.41, 5.74) is 6.80. The van der Waals surface area contributed by atoms with Crippen LogP contribution in [0, 0.1) is 5.92 Å². The quantitative estimate of drug-likeness (QED) is 0.629. The van der Waals surface area contributed by atoms with Crippen molar-refractivity contribution in [1.82, 2.24) is 0 Å². The van der Waals surface area contributed by atoms with Crippen molar-refractivity contribution in [2.45, 2.75) is 26.2 Å². The molecule has 0 bridgehead atoms. The minimum Gasteiger partial charge on any atom is -0.426 e. The van der Waals surface area contributed by atoms with Crippen molar-refractivity contribution in [3.05, 3.63) is 65.7 Å². The summed E-state index contributed by atoms with van der Waals surface area (Å²) >= 11 is 0. The van der Waals surface area contributed by atoms with Gasteiger partial charge in [-0.15, -0.1) is 0 Å². The summed E-state index contributed by atoms with van der Waals surface area (Å²) in [5, 5.41) is 0. The second-order valence-electron chi connectivity index (χ2n) is 5.70. The molecule has 4 heteroatoms. The van der Waals surface area contributed by atoms with E-state index in [0.29, 0.717) is 17.7 Å². The van der Waals surface area contributed by atoms with Gasteiger partial charge in [0.15, 0.2) is 0 Å². The number of aryl methyl sites for hydroxylation is 1. The van der Waals surface area contributed by atoms with E-state index in [2.05, 4.69) is 12.1 Å². The topological polar surface area (TPSA) is 69.4 Å². The van der Waals surface area contributed by atoms with Crippen LogP contribution in [0.25, 0.3) is 0 Å². The smallest absolute Gasteiger partial charge is 0.311 e. The number of hydrogen-bond donors (Lipinski definition) is 1. The molecule has 4 nitrogen and oxygen atoms in total.